The van der Waals surface area contributed by atoms with Gasteiger partial charge < -0.3 is 28.8 Å². The van der Waals surface area contributed by atoms with Crippen molar-refractivity contribution in [2.75, 3.05) is 36.7 Å². The van der Waals surface area contributed by atoms with E-state index in [0.717, 1.165) is 4.90 Å². The van der Waals surface area contributed by atoms with Gasteiger partial charge in [-0.3, -0.25) is 14.6 Å². The molecule has 53 heavy (non-hydrogen) atoms. The maximum atomic E-state index is 13.6. The second-order valence-corrected chi connectivity index (χ2v) is 12.8. The summed E-state index contributed by atoms with van der Waals surface area (Å²) in [7, 11) is -2.88. The molecule has 0 saturated carbocycles. The van der Waals surface area contributed by atoms with E-state index < -0.39 is 16.1 Å². The summed E-state index contributed by atoms with van der Waals surface area (Å²) in [6.07, 6.45) is 1.62. The number of pyridine rings is 2. The van der Waals surface area contributed by atoms with Gasteiger partial charge in [0.1, 0.15) is 29.6 Å². The minimum absolute atomic E-state index is 0.0591. The molecule has 19 nitrogen and oxygen atoms in total. The standard InChI is InChI=1S/C32H25ClN10O9S/c1-48-19-2-4-21(33)25(15-19)52-24-6-7-27(36-31(24)40-53(46,47)20-3-5-23-26(16-20)51-17-50-23)43(32(44)45)12-13-49-28-9-11-35-29(37-28)18-8-10-34-22(14-18)30-38-41-42-39-30/h2-11,14-16H,12-13,17H2,1H3,(H,36,40)(H,44,45)(H,38,39,41,42). The predicted molar refractivity (Wildman–Crippen MR) is 185 cm³/mol. The van der Waals surface area contributed by atoms with E-state index in [4.69, 9.17) is 35.3 Å². The van der Waals surface area contributed by atoms with Crippen LogP contribution in [0.4, 0.5) is 16.4 Å². The van der Waals surface area contributed by atoms with E-state index in [1.165, 1.54) is 61.8 Å². The molecule has 5 heterocycles. The number of nitrogens with zero attached hydrogens (tertiary/aromatic N) is 8. The summed E-state index contributed by atoms with van der Waals surface area (Å²) in [6.45, 7) is -0.476. The number of tetrazole rings is 1. The molecule has 270 valence electrons. The highest BCUT2D eigenvalue weighted by molar-refractivity contribution is 7.92. The Kier molecular flexibility index (Phi) is 9.68. The Morgan fingerprint density at radius 3 is 2.64 bits per heavy atom. The van der Waals surface area contributed by atoms with Gasteiger partial charge in [-0.25, -0.2) is 23.2 Å². The average Bonchev–Trinajstić information content (AvgIpc) is 3.88. The molecule has 0 unspecified atom stereocenters. The smallest absolute Gasteiger partial charge is 0.413 e. The molecule has 21 heteroatoms. The van der Waals surface area contributed by atoms with Crippen molar-refractivity contribution in [2.24, 2.45) is 0 Å². The van der Waals surface area contributed by atoms with Gasteiger partial charge in [-0.2, -0.15) is 10.2 Å². The first kappa shape index (κ1) is 34.6. The highest BCUT2D eigenvalue weighted by atomic mass is 35.5. The van der Waals surface area contributed by atoms with E-state index in [0.29, 0.717) is 28.6 Å². The van der Waals surface area contributed by atoms with Crippen molar-refractivity contribution in [3.63, 3.8) is 0 Å². The monoisotopic (exact) mass is 760 g/mol. The molecule has 4 aromatic heterocycles. The summed E-state index contributed by atoms with van der Waals surface area (Å²) in [5, 5.41) is 24.1. The molecule has 0 atom stereocenters. The number of H-pyrrole nitrogens is 1. The number of anilines is 2. The molecule has 0 bridgehead atoms. The lowest BCUT2D eigenvalue weighted by atomic mass is 10.2. The lowest BCUT2D eigenvalue weighted by Crippen LogP contribution is -2.34. The van der Waals surface area contributed by atoms with Gasteiger partial charge in [-0.15, -0.1) is 10.2 Å². The van der Waals surface area contributed by atoms with Gasteiger partial charge in [-0.1, -0.05) is 11.6 Å². The van der Waals surface area contributed by atoms with E-state index in [9.17, 15) is 18.3 Å². The van der Waals surface area contributed by atoms with Crippen LogP contribution in [0.15, 0.2) is 84.0 Å². The van der Waals surface area contributed by atoms with Crippen LogP contribution in [-0.4, -0.2) is 87.2 Å². The Morgan fingerprint density at radius 2 is 1.83 bits per heavy atom. The Bertz CT molecular complexity index is 2400. The molecule has 0 fully saturated rings. The summed E-state index contributed by atoms with van der Waals surface area (Å²) >= 11 is 6.36. The fourth-order valence-corrected chi connectivity index (χ4v) is 6.04. The zero-order valence-electron chi connectivity index (χ0n) is 27.2. The number of fused-ring (bicyclic) bond motifs is 1. The highest BCUT2D eigenvalue weighted by Gasteiger charge is 2.25. The average molecular weight is 761 g/mol. The largest absolute Gasteiger partial charge is 0.497 e. The van der Waals surface area contributed by atoms with Gasteiger partial charge in [0.15, 0.2) is 28.9 Å². The van der Waals surface area contributed by atoms with Crippen molar-refractivity contribution < 1.29 is 42.0 Å². The molecule has 2 aromatic carbocycles. The van der Waals surface area contributed by atoms with Crippen LogP contribution in [0.5, 0.6) is 34.6 Å². The third kappa shape index (κ3) is 7.77. The lowest BCUT2D eigenvalue weighted by molar-refractivity contribution is 0.174. The first-order valence-corrected chi connectivity index (χ1v) is 17.1. The molecule has 0 saturated heterocycles. The predicted octanol–water partition coefficient (Wildman–Crippen LogP) is 4.66. The molecular weight excluding hydrogens is 736 g/mol. The van der Waals surface area contributed by atoms with Crippen molar-refractivity contribution in [3.8, 4) is 57.5 Å². The maximum Gasteiger partial charge on any atom is 0.413 e. The summed E-state index contributed by atoms with van der Waals surface area (Å²) in [4.78, 5) is 30.5. The van der Waals surface area contributed by atoms with Crippen LogP contribution >= 0.6 is 11.6 Å². The minimum atomic E-state index is -4.34. The van der Waals surface area contributed by atoms with Crippen molar-refractivity contribution in [1.82, 2.24) is 40.6 Å². The van der Waals surface area contributed by atoms with Crippen LogP contribution < -0.4 is 33.3 Å². The Balaban J connectivity index is 1.13. The molecule has 6 aromatic rings. The minimum Gasteiger partial charge on any atom is -0.497 e. The van der Waals surface area contributed by atoms with Crippen LogP contribution in [0.3, 0.4) is 0 Å². The number of sulfonamides is 1. The van der Waals surface area contributed by atoms with E-state index >= 15 is 0 Å². The number of hydrogen-bond acceptors (Lipinski definition) is 15. The number of carboxylic acid groups (broad SMARTS) is 1. The fourth-order valence-electron chi connectivity index (χ4n) is 4.85. The zero-order chi connectivity index (χ0) is 37.0. The van der Waals surface area contributed by atoms with Crippen LogP contribution in [0, 0.1) is 0 Å². The molecule has 0 radical (unpaired) electrons. The normalized spacial score (nSPS) is 11.9. The Morgan fingerprint density at radius 1 is 0.981 bits per heavy atom. The van der Waals surface area contributed by atoms with Crippen LogP contribution in [0.1, 0.15) is 0 Å². The third-order valence-corrected chi connectivity index (χ3v) is 9.03. The lowest BCUT2D eigenvalue weighted by Gasteiger charge is -2.21. The summed E-state index contributed by atoms with van der Waals surface area (Å²) < 4.78 is 57.2. The molecule has 1 aliphatic rings. The zero-order valence-corrected chi connectivity index (χ0v) is 28.8. The number of rotatable bonds is 13. The van der Waals surface area contributed by atoms with Gasteiger partial charge in [0.05, 0.1) is 23.6 Å². The molecule has 7 rings (SSSR count). The number of halogens is 1. The van der Waals surface area contributed by atoms with Crippen molar-refractivity contribution >= 4 is 39.4 Å². The summed E-state index contributed by atoms with van der Waals surface area (Å²) in [5.41, 5.74) is 1.03. The fraction of sp³-hybridized carbons (Fsp3) is 0.125. The van der Waals surface area contributed by atoms with Crippen molar-refractivity contribution in [2.45, 2.75) is 4.90 Å². The van der Waals surface area contributed by atoms with E-state index in [2.05, 4.69) is 45.3 Å². The number of benzene rings is 2. The number of methoxy groups -OCH3 is 1. The highest BCUT2D eigenvalue weighted by Crippen LogP contribution is 2.38. The molecule has 0 spiro atoms. The van der Waals surface area contributed by atoms with Crippen molar-refractivity contribution in [3.05, 3.63) is 84.1 Å². The molecule has 3 N–H and O–H groups in total. The van der Waals surface area contributed by atoms with Crippen molar-refractivity contribution in [1.29, 1.82) is 0 Å². The van der Waals surface area contributed by atoms with E-state index in [1.54, 1.807) is 24.4 Å². The maximum absolute atomic E-state index is 13.6. The van der Waals surface area contributed by atoms with Crippen LogP contribution in [-0.2, 0) is 10.0 Å². The Labute approximate surface area is 304 Å². The summed E-state index contributed by atoms with van der Waals surface area (Å²) in [6, 6.07) is 16.3. The van der Waals surface area contributed by atoms with E-state index in [-0.39, 0.29) is 70.5 Å². The SMILES string of the molecule is COc1ccc(Cl)c(Oc2ccc(N(CCOc3ccnc(-c4ccnc(-c5nn[nH]n5)c4)n3)C(=O)O)nc2NS(=O)(=O)c2ccc3c(c2)OCO3)c1. The quantitative estimate of drug-likeness (QED) is 0.145. The second kappa shape index (κ2) is 14.8. The number of aromatic nitrogens is 8. The first-order valence-electron chi connectivity index (χ1n) is 15.3. The topological polar surface area (TPSA) is 239 Å². The van der Waals surface area contributed by atoms with E-state index in [1.807, 2.05) is 0 Å². The van der Waals surface area contributed by atoms with Gasteiger partial charge in [0.2, 0.25) is 18.5 Å². The number of aromatic amines is 1. The third-order valence-electron chi connectivity index (χ3n) is 7.38. The second-order valence-electron chi connectivity index (χ2n) is 10.7. The van der Waals surface area contributed by atoms with Gasteiger partial charge in [-0.05, 0) is 53.7 Å². The van der Waals surface area contributed by atoms with Gasteiger partial charge >= 0.3 is 6.09 Å². The van der Waals surface area contributed by atoms with Crippen LogP contribution in [0.25, 0.3) is 22.9 Å². The number of nitrogens with one attached hydrogen (secondary N) is 2. The van der Waals surface area contributed by atoms with Gasteiger partial charge in [0, 0.05) is 36.2 Å². The number of hydrogen-bond donors (Lipinski definition) is 3. The first-order chi connectivity index (χ1) is 25.7. The molecule has 1 aliphatic heterocycles. The summed E-state index contributed by atoms with van der Waals surface area (Å²) in [5.74, 6) is 1.30. The van der Waals surface area contributed by atoms with Gasteiger partial charge in [0.25, 0.3) is 10.0 Å². The number of carbonyl (C=O) groups is 1. The molecular formula is C32H25ClN10O9S. The Hall–Kier alpha value is -6.80. The van der Waals surface area contributed by atoms with Crippen LogP contribution in [0.2, 0.25) is 5.02 Å². The molecule has 1 amide bonds. The number of ether oxygens (including phenoxy) is 5. The molecule has 0 aliphatic carbocycles. The number of amides is 1.